The van der Waals surface area contributed by atoms with Crippen LogP contribution in [0.4, 0.5) is 0 Å². The van der Waals surface area contributed by atoms with E-state index in [-0.39, 0.29) is 5.92 Å². The second kappa shape index (κ2) is 7.63. The zero-order valence-electron chi connectivity index (χ0n) is 11.6. The minimum absolute atomic E-state index is 0.347. The predicted molar refractivity (Wildman–Crippen MR) is 72.7 cm³/mol. The Bertz CT molecular complexity index is 420. The Morgan fingerprint density at radius 3 is 2.53 bits per heavy atom. The molecule has 5 nitrogen and oxygen atoms in total. The van der Waals surface area contributed by atoms with E-state index in [9.17, 15) is 4.79 Å². The molecule has 0 saturated heterocycles. The van der Waals surface area contributed by atoms with Gasteiger partial charge in [-0.15, -0.1) is 0 Å². The van der Waals surface area contributed by atoms with Crippen LogP contribution in [0.5, 0.6) is 11.5 Å². The predicted octanol–water partition coefficient (Wildman–Crippen LogP) is 1.90. The molecule has 0 aliphatic heterocycles. The van der Waals surface area contributed by atoms with Gasteiger partial charge in [-0.05, 0) is 24.1 Å². The minimum Gasteiger partial charge on any atom is -0.493 e. The molecule has 1 aromatic carbocycles. The molecule has 0 aliphatic rings. The lowest BCUT2D eigenvalue weighted by Gasteiger charge is -2.12. The molecule has 0 saturated carbocycles. The summed E-state index contributed by atoms with van der Waals surface area (Å²) < 4.78 is 10.4. The Morgan fingerprint density at radius 1 is 1.32 bits per heavy atom. The van der Waals surface area contributed by atoms with Gasteiger partial charge in [0.05, 0.1) is 20.1 Å². The monoisotopic (exact) mass is 267 g/mol. The average molecular weight is 267 g/mol. The quantitative estimate of drug-likeness (QED) is 0.753. The van der Waals surface area contributed by atoms with Gasteiger partial charge in [0.2, 0.25) is 0 Å². The van der Waals surface area contributed by atoms with Crippen molar-refractivity contribution in [2.45, 2.75) is 19.9 Å². The molecular weight excluding hydrogens is 246 g/mol. The van der Waals surface area contributed by atoms with Crippen LogP contribution in [0.25, 0.3) is 0 Å². The largest absolute Gasteiger partial charge is 0.493 e. The SMILES string of the molecule is CCC(CNCc1ccc(OC)c(OC)c1)C(=O)O. The summed E-state index contributed by atoms with van der Waals surface area (Å²) in [5, 5.41) is 12.1. The van der Waals surface area contributed by atoms with Crippen molar-refractivity contribution in [3.05, 3.63) is 23.8 Å². The molecule has 1 atom stereocenters. The summed E-state index contributed by atoms with van der Waals surface area (Å²) in [6, 6.07) is 5.65. The van der Waals surface area contributed by atoms with Crippen LogP contribution >= 0.6 is 0 Å². The number of rotatable bonds is 8. The molecule has 0 heterocycles. The fraction of sp³-hybridized carbons (Fsp3) is 0.500. The van der Waals surface area contributed by atoms with Crippen molar-refractivity contribution in [3.63, 3.8) is 0 Å². The molecule has 1 rings (SSSR count). The lowest BCUT2D eigenvalue weighted by Crippen LogP contribution is -2.27. The summed E-state index contributed by atoms with van der Waals surface area (Å²) in [5.41, 5.74) is 1.03. The second-order valence-electron chi connectivity index (χ2n) is 4.26. The fourth-order valence-corrected chi connectivity index (χ4v) is 1.79. The van der Waals surface area contributed by atoms with Gasteiger partial charge in [-0.25, -0.2) is 0 Å². The number of carbonyl (C=O) groups is 1. The van der Waals surface area contributed by atoms with E-state index in [0.29, 0.717) is 31.0 Å². The number of ether oxygens (including phenoxy) is 2. The Kier molecular flexibility index (Phi) is 6.15. The van der Waals surface area contributed by atoms with Crippen LogP contribution in [-0.4, -0.2) is 31.8 Å². The topological polar surface area (TPSA) is 67.8 Å². The number of benzene rings is 1. The summed E-state index contributed by atoms with van der Waals surface area (Å²) in [5.74, 6) is 0.248. The molecule has 19 heavy (non-hydrogen) atoms. The number of aliphatic carboxylic acids is 1. The lowest BCUT2D eigenvalue weighted by molar-refractivity contribution is -0.141. The molecule has 1 aromatic rings. The van der Waals surface area contributed by atoms with Crippen LogP contribution in [0.3, 0.4) is 0 Å². The molecule has 0 aromatic heterocycles. The standard InChI is InChI=1S/C14H21NO4/c1-4-11(14(16)17)9-15-8-10-5-6-12(18-2)13(7-10)19-3/h5-7,11,15H,4,8-9H2,1-3H3,(H,16,17). The minimum atomic E-state index is -0.762. The van der Waals surface area contributed by atoms with Crippen LogP contribution < -0.4 is 14.8 Å². The van der Waals surface area contributed by atoms with Crippen molar-refractivity contribution in [2.24, 2.45) is 5.92 Å². The molecule has 0 spiro atoms. The summed E-state index contributed by atoms with van der Waals surface area (Å²) in [6.45, 7) is 2.93. The Hall–Kier alpha value is -1.75. The van der Waals surface area contributed by atoms with Gasteiger partial charge in [0.1, 0.15) is 0 Å². The van der Waals surface area contributed by atoms with Gasteiger partial charge in [-0.3, -0.25) is 4.79 Å². The smallest absolute Gasteiger partial charge is 0.307 e. The summed E-state index contributed by atoms with van der Waals surface area (Å²) >= 11 is 0. The average Bonchev–Trinajstić information content (AvgIpc) is 2.42. The van der Waals surface area contributed by atoms with E-state index in [0.717, 1.165) is 5.56 Å². The third-order valence-corrected chi connectivity index (χ3v) is 3.01. The number of carboxylic acid groups (broad SMARTS) is 1. The zero-order chi connectivity index (χ0) is 14.3. The second-order valence-corrected chi connectivity index (χ2v) is 4.26. The maximum atomic E-state index is 10.9. The van der Waals surface area contributed by atoms with Gasteiger partial charge in [0, 0.05) is 13.1 Å². The first-order chi connectivity index (χ1) is 9.12. The van der Waals surface area contributed by atoms with Crippen molar-refractivity contribution in [1.82, 2.24) is 5.32 Å². The van der Waals surface area contributed by atoms with Crippen molar-refractivity contribution < 1.29 is 19.4 Å². The normalized spacial score (nSPS) is 11.9. The summed E-state index contributed by atoms with van der Waals surface area (Å²) in [4.78, 5) is 10.9. The van der Waals surface area contributed by atoms with E-state index < -0.39 is 5.97 Å². The van der Waals surface area contributed by atoms with Gasteiger partial charge in [-0.2, -0.15) is 0 Å². The first kappa shape index (κ1) is 15.3. The maximum Gasteiger partial charge on any atom is 0.307 e. The molecular formula is C14H21NO4. The number of carboxylic acids is 1. The van der Waals surface area contributed by atoms with E-state index >= 15 is 0 Å². The van der Waals surface area contributed by atoms with Crippen LogP contribution in [0.1, 0.15) is 18.9 Å². The maximum absolute atomic E-state index is 10.9. The fourth-order valence-electron chi connectivity index (χ4n) is 1.79. The van der Waals surface area contributed by atoms with Crippen molar-refractivity contribution in [2.75, 3.05) is 20.8 Å². The molecule has 2 N–H and O–H groups in total. The number of hydrogen-bond donors (Lipinski definition) is 2. The van der Waals surface area contributed by atoms with Gasteiger partial charge in [-0.1, -0.05) is 13.0 Å². The molecule has 0 radical (unpaired) electrons. The van der Waals surface area contributed by atoms with Gasteiger partial charge >= 0.3 is 5.97 Å². The third kappa shape index (κ3) is 4.44. The molecule has 1 unspecified atom stereocenters. The van der Waals surface area contributed by atoms with E-state index in [4.69, 9.17) is 14.6 Å². The van der Waals surface area contributed by atoms with Crippen LogP contribution in [0.15, 0.2) is 18.2 Å². The molecule has 106 valence electrons. The number of hydrogen-bond acceptors (Lipinski definition) is 4. The molecule has 0 aliphatic carbocycles. The number of methoxy groups -OCH3 is 2. The Morgan fingerprint density at radius 2 is 2.00 bits per heavy atom. The highest BCUT2D eigenvalue weighted by Gasteiger charge is 2.14. The lowest BCUT2D eigenvalue weighted by atomic mass is 10.1. The summed E-state index contributed by atoms with van der Waals surface area (Å²) in [7, 11) is 3.18. The third-order valence-electron chi connectivity index (χ3n) is 3.01. The van der Waals surface area contributed by atoms with Crippen molar-refractivity contribution >= 4 is 5.97 Å². The van der Waals surface area contributed by atoms with E-state index in [1.165, 1.54) is 0 Å². The van der Waals surface area contributed by atoms with E-state index in [1.54, 1.807) is 14.2 Å². The van der Waals surface area contributed by atoms with Crippen LogP contribution in [0, 0.1) is 5.92 Å². The highest BCUT2D eigenvalue weighted by atomic mass is 16.5. The molecule has 5 heteroatoms. The summed E-state index contributed by atoms with van der Waals surface area (Å²) in [6.07, 6.45) is 0.619. The first-order valence-corrected chi connectivity index (χ1v) is 6.26. The Balaban J connectivity index is 2.56. The van der Waals surface area contributed by atoms with Crippen LogP contribution in [-0.2, 0) is 11.3 Å². The first-order valence-electron chi connectivity index (χ1n) is 6.26. The Labute approximate surface area is 113 Å². The van der Waals surface area contributed by atoms with Gasteiger partial charge in [0.25, 0.3) is 0 Å². The van der Waals surface area contributed by atoms with Crippen molar-refractivity contribution in [3.8, 4) is 11.5 Å². The molecule has 0 fully saturated rings. The highest BCUT2D eigenvalue weighted by molar-refractivity contribution is 5.70. The van der Waals surface area contributed by atoms with E-state index in [2.05, 4.69) is 5.32 Å². The van der Waals surface area contributed by atoms with Crippen molar-refractivity contribution in [1.29, 1.82) is 0 Å². The molecule has 0 amide bonds. The van der Waals surface area contributed by atoms with E-state index in [1.807, 2.05) is 25.1 Å². The highest BCUT2D eigenvalue weighted by Crippen LogP contribution is 2.27. The zero-order valence-corrected chi connectivity index (χ0v) is 11.6. The van der Waals surface area contributed by atoms with Gasteiger partial charge < -0.3 is 19.9 Å². The number of nitrogens with one attached hydrogen (secondary N) is 1. The van der Waals surface area contributed by atoms with Gasteiger partial charge in [0.15, 0.2) is 11.5 Å². The van der Waals surface area contributed by atoms with Crippen LogP contribution in [0.2, 0.25) is 0 Å². The molecule has 0 bridgehead atoms.